The van der Waals surface area contributed by atoms with Crippen LogP contribution in [0.25, 0.3) is 0 Å². The van der Waals surface area contributed by atoms with Crippen molar-refractivity contribution in [1.29, 1.82) is 0 Å². The Morgan fingerprint density at radius 2 is 1.00 bits per heavy atom. The van der Waals surface area contributed by atoms with E-state index in [0.717, 1.165) is 16.7 Å². The normalized spacial score (nSPS) is 13.8. The van der Waals surface area contributed by atoms with Crippen LogP contribution in [0.5, 0.6) is 0 Å². The molecule has 6 N–H and O–H groups in total. The second-order valence-electron chi connectivity index (χ2n) is 21.8. The summed E-state index contributed by atoms with van der Waals surface area (Å²) in [5.41, 5.74) is -0.192. The van der Waals surface area contributed by atoms with Crippen LogP contribution in [0.15, 0.2) is 91.0 Å². The summed E-state index contributed by atoms with van der Waals surface area (Å²) >= 11 is 2.75. The number of esters is 3. The quantitative estimate of drug-likeness (QED) is 0.0206. The van der Waals surface area contributed by atoms with Gasteiger partial charge < -0.3 is 46.1 Å². The number of benzene rings is 3. The molecule has 3 aromatic carbocycles. The Morgan fingerprint density at radius 3 is 1.47 bits per heavy atom. The van der Waals surface area contributed by atoms with Gasteiger partial charge in [0.05, 0.1) is 17.7 Å². The summed E-state index contributed by atoms with van der Waals surface area (Å²) in [5.74, 6) is -6.14. The molecule has 3 rings (SSSR count). The van der Waals surface area contributed by atoms with E-state index < -0.39 is 112 Å². The molecular formula is C57H80N6O12S2. The summed E-state index contributed by atoms with van der Waals surface area (Å²) < 4.78 is 15.6. The first-order valence-electron chi connectivity index (χ1n) is 25.7. The Labute approximate surface area is 462 Å². The van der Waals surface area contributed by atoms with Gasteiger partial charge in [0.15, 0.2) is 0 Å². The second kappa shape index (κ2) is 30.5. The minimum Gasteiger partial charge on any atom is -0.460 e. The first-order valence-corrected chi connectivity index (χ1v) is 28.1. The van der Waals surface area contributed by atoms with Gasteiger partial charge in [-0.25, -0.2) is 4.79 Å². The molecule has 0 spiro atoms. The second-order valence-corrected chi connectivity index (χ2v) is 24.0. The SMILES string of the molecule is CSCC[C@H](NC=O)C(=O)N[C@@H](CC(=O)OC(C)(C)C)C(=O)NCC(=O)N[C@@H](CSC(c1ccccc1)(c1ccccc1)c1ccccc1)C(=O)N[C@@H](CCC(=O)OC(C)(C)C)C(=O)N[C@@H](CC(C)C)C(=O)OC(C)(C)C. The molecule has 0 aliphatic carbocycles. The molecule has 0 aliphatic heterocycles. The molecule has 0 aromatic heterocycles. The minimum atomic E-state index is -1.56. The number of ether oxygens (including phenoxy) is 3. The Morgan fingerprint density at radius 1 is 0.545 bits per heavy atom. The molecule has 0 fully saturated rings. The molecule has 20 heteroatoms. The third-order valence-corrected chi connectivity index (χ3v) is 13.4. The Kier molecular flexibility index (Phi) is 25.7. The number of hydrogen-bond donors (Lipinski definition) is 6. The fourth-order valence-electron chi connectivity index (χ4n) is 7.86. The lowest BCUT2D eigenvalue weighted by atomic mass is 9.84. The van der Waals surface area contributed by atoms with Crippen LogP contribution in [0.4, 0.5) is 0 Å². The molecule has 0 bridgehead atoms. The van der Waals surface area contributed by atoms with Gasteiger partial charge in [-0.05, 0) is 116 Å². The predicted molar refractivity (Wildman–Crippen MR) is 299 cm³/mol. The van der Waals surface area contributed by atoms with Crippen molar-refractivity contribution in [2.75, 3.05) is 24.3 Å². The summed E-state index contributed by atoms with van der Waals surface area (Å²) in [6, 6.07) is 22.1. The average molecular weight is 1110 g/mol. The fraction of sp³-hybridized carbons (Fsp3) is 0.526. The summed E-state index contributed by atoms with van der Waals surface area (Å²) in [5, 5.41) is 15.7. The average Bonchev–Trinajstić information content (AvgIpc) is 3.34. The topological polar surface area (TPSA) is 253 Å². The van der Waals surface area contributed by atoms with Crippen molar-refractivity contribution >= 4 is 77.4 Å². The van der Waals surface area contributed by atoms with Gasteiger partial charge in [0.1, 0.15) is 47.0 Å². The largest absolute Gasteiger partial charge is 0.460 e. The van der Waals surface area contributed by atoms with E-state index in [2.05, 4.69) is 31.9 Å². The van der Waals surface area contributed by atoms with E-state index in [-0.39, 0.29) is 37.4 Å². The molecule has 0 unspecified atom stereocenters. The number of amides is 6. The highest BCUT2D eigenvalue weighted by Gasteiger charge is 2.40. The van der Waals surface area contributed by atoms with Gasteiger partial charge in [0.2, 0.25) is 35.9 Å². The maximum absolute atomic E-state index is 15.0. The zero-order valence-corrected chi connectivity index (χ0v) is 48.2. The van der Waals surface area contributed by atoms with Crippen molar-refractivity contribution in [3.8, 4) is 0 Å². The van der Waals surface area contributed by atoms with E-state index in [0.29, 0.717) is 12.2 Å². The van der Waals surface area contributed by atoms with Crippen molar-refractivity contribution in [3.63, 3.8) is 0 Å². The number of rotatable bonds is 29. The van der Waals surface area contributed by atoms with E-state index >= 15 is 4.79 Å². The number of nitrogens with one attached hydrogen (secondary N) is 6. The first-order chi connectivity index (χ1) is 36.1. The smallest absolute Gasteiger partial charge is 0.329 e. The third kappa shape index (κ3) is 23.0. The standard InChI is InChI=1S/C57H80N6O12S2/c1-37(2)32-44(53(72)75-56(9,10)11)63-51(70)42(28-29-47(66)73-54(3,4)5)61-52(71)45(35-77-57(38-22-16-13-17-23-38,39-24-18-14-19-25-39)40-26-20-15-21-27-40)60-46(65)34-58-49(68)43(33-48(67)74-55(6,7)8)62-50(69)41(59-36-64)30-31-76-12/h13-27,36-37,41-45H,28-35H2,1-12H3,(H,58,68)(H,59,64)(H,60,65)(H,61,71)(H,62,69)(H,63,70)/t41-,42-,43-,44-,45-/m0/s1. The van der Waals surface area contributed by atoms with Crippen molar-refractivity contribution in [3.05, 3.63) is 108 Å². The number of carbonyl (C=O) groups is 9. The van der Waals surface area contributed by atoms with E-state index in [1.54, 1.807) is 62.3 Å². The van der Waals surface area contributed by atoms with Crippen LogP contribution >= 0.6 is 23.5 Å². The van der Waals surface area contributed by atoms with Gasteiger partial charge in [0.25, 0.3) is 0 Å². The maximum atomic E-state index is 15.0. The van der Waals surface area contributed by atoms with E-state index in [9.17, 15) is 38.4 Å². The summed E-state index contributed by atoms with van der Waals surface area (Å²) in [6.45, 7) is 18.0. The Bertz CT molecular complexity index is 2330. The summed E-state index contributed by atoms with van der Waals surface area (Å²) in [6.07, 6.45) is 1.35. The molecule has 0 heterocycles. The van der Waals surface area contributed by atoms with Crippen molar-refractivity contribution < 1.29 is 57.4 Å². The van der Waals surface area contributed by atoms with Crippen LogP contribution in [0.1, 0.15) is 125 Å². The van der Waals surface area contributed by atoms with E-state index in [1.165, 1.54) is 23.5 Å². The zero-order valence-electron chi connectivity index (χ0n) is 46.6. The molecule has 0 radical (unpaired) electrons. The summed E-state index contributed by atoms with van der Waals surface area (Å²) in [4.78, 5) is 122. The van der Waals surface area contributed by atoms with Gasteiger partial charge in [0, 0.05) is 12.2 Å². The van der Waals surface area contributed by atoms with Gasteiger partial charge in [-0.1, -0.05) is 105 Å². The Balaban J connectivity index is 2.14. The summed E-state index contributed by atoms with van der Waals surface area (Å²) in [7, 11) is 0. The zero-order chi connectivity index (χ0) is 57.6. The Hall–Kier alpha value is -6.41. The van der Waals surface area contributed by atoms with Crippen LogP contribution in [-0.4, -0.2) is 125 Å². The molecule has 0 aliphatic rings. The molecular weight excluding hydrogens is 1020 g/mol. The van der Waals surface area contributed by atoms with E-state index in [1.807, 2.05) is 111 Å². The van der Waals surface area contributed by atoms with Crippen LogP contribution < -0.4 is 31.9 Å². The molecule has 5 atom stereocenters. The molecule has 422 valence electrons. The molecule has 0 saturated carbocycles. The number of hydrogen-bond acceptors (Lipinski definition) is 14. The van der Waals surface area contributed by atoms with Gasteiger partial charge in [-0.15, -0.1) is 11.8 Å². The molecule has 77 heavy (non-hydrogen) atoms. The van der Waals surface area contributed by atoms with Crippen LogP contribution in [-0.2, 0) is 62.1 Å². The monoisotopic (exact) mass is 1100 g/mol. The third-order valence-electron chi connectivity index (χ3n) is 11.1. The lowest BCUT2D eigenvalue weighted by Crippen LogP contribution is -2.58. The molecule has 18 nitrogen and oxygen atoms in total. The van der Waals surface area contributed by atoms with Crippen molar-refractivity contribution in [2.45, 2.75) is 160 Å². The fourth-order valence-corrected chi connectivity index (χ4v) is 9.89. The van der Waals surface area contributed by atoms with Gasteiger partial charge >= 0.3 is 17.9 Å². The number of carbonyl (C=O) groups excluding carboxylic acids is 9. The highest BCUT2D eigenvalue weighted by molar-refractivity contribution is 8.00. The maximum Gasteiger partial charge on any atom is 0.329 e. The molecule has 0 saturated heterocycles. The lowest BCUT2D eigenvalue weighted by molar-refractivity contribution is -0.160. The van der Waals surface area contributed by atoms with Gasteiger partial charge in [-0.3, -0.25) is 38.4 Å². The minimum absolute atomic E-state index is 0.0796. The van der Waals surface area contributed by atoms with Crippen LogP contribution in [0.3, 0.4) is 0 Å². The highest BCUT2D eigenvalue weighted by Crippen LogP contribution is 2.48. The van der Waals surface area contributed by atoms with E-state index in [4.69, 9.17) is 14.2 Å². The van der Waals surface area contributed by atoms with Crippen molar-refractivity contribution in [1.82, 2.24) is 31.9 Å². The highest BCUT2D eigenvalue weighted by atomic mass is 32.2. The molecule has 3 aromatic rings. The van der Waals surface area contributed by atoms with Crippen LogP contribution in [0.2, 0.25) is 0 Å². The first kappa shape index (κ1) is 64.9. The van der Waals surface area contributed by atoms with Crippen LogP contribution in [0, 0.1) is 5.92 Å². The lowest BCUT2D eigenvalue weighted by Gasteiger charge is -2.36. The van der Waals surface area contributed by atoms with Gasteiger partial charge in [-0.2, -0.15) is 11.8 Å². The predicted octanol–water partition coefficient (Wildman–Crippen LogP) is 5.88. The van der Waals surface area contributed by atoms with Crippen molar-refractivity contribution in [2.24, 2.45) is 5.92 Å². The number of thioether (sulfide) groups is 2. The molecule has 6 amide bonds.